The van der Waals surface area contributed by atoms with Crippen molar-refractivity contribution in [2.45, 2.75) is 19.4 Å². The molecule has 0 aliphatic carbocycles. The molecule has 3 N–H and O–H groups in total. The molecule has 3 heteroatoms. The van der Waals surface area contributed by atoms with Gasteiger partial charge in [-0.15, -0.1) is 6.58 Å². The van der Waals surface area contributed by atoms with E-state index in [9.17, 15) is 0 Å². The van der Waals surface area contributed by atoms with Crippen molar-refractivity contribution in [1.82, 2.24) is 4.98 Å². The smallest absolute Gasteiger partial charge is 0.128 e. The molecular formula is C10H15N3. The van der Waals surface area contributed by atoms with E-state index in [4.69, 9.17) is 5.73 Å². The average Bonchev–Trinajstić information content (AvgIpc) is 2.04. The summed E-state index contributed by atoms with van der Waals surface area (Å²) in [6.45, 7) is 5.75. The van der Waals surface area contributed by atoms with Crippen LogP contribution in [0.2, 0.25) is 0 Å². The first-order valence-corrected chi connectivity index (χ1v) is 4.32. The second kappa shape index (κ2) is 4.50. The molecule has 0 fully saturated rings. The molecule has 0 spiro atoms. The highest BCUT2D eigenvalue weighted by atomic mass is 15.0. The minimum Gasteiger partial charge on any atom is -0.384 e. The molecule has 70 valence electrons. The van der Waals surface area contributed by atoms with Gasteiger partial charge in [0.1, 0.15) is 11.6 Å². The zero-order valence-corrected chi connectivity index (χ0v) is 7.83. The summed E-state index contributed by atoms with van der Waals surface area (Å²) in [5.41, 5.74) is 5.54. The topological polar surface area (TPSA) is 50.9 Å². The minimum absolute atomic E-state index is 0.340. The standard InChI is InChI=1S/C10H15N3/c1-3-5-8(2)12-10-7-4-6-9(11)13-10/h3-4,6-8H,1,5H2,2H3,(H3,11,12,13). The number of anilines is 2. The van der Waals surface area contributed by atoms with Gasteiger partial charge in [0.2, 0.25) is 0 Å². The van der Waals surface area contributed by atoms with Crippen LogP contribution in [0.4, 0.5) is 11.6 Å². The van der Waals surface area contributed by atoms with Crippen LogP contribution >= 0.6 is 0 Å². The summed E-state index contributed by atoms with van der Waals surface area (Å²) < 4.78 is 0. The summed E-state index contributed by atoms with van der Waals surface area (Å²) >= 11 is 0. The molecule has 1 atom stereocenters. The highest BCUT2D eigenvalue weighted by Crippen LogP contribution is 2.08. The first kappa shape index (κ1) is 9.58. The van der Waals surface area contributed by atoms with Gasteiger partial charge in [0.15, 0.2) is 0 Å². The Balaban J connectivity index is 2.58. The average molecular weight is 177 g/mol. The van der Waals surface area contributed by atoms with Gasteiger partial charge in [-0.3, -0.25) is 0 Å². The zero-order chi connectivity index (χ0) is 9.68. The van der Waals surface area contributed by atoms with Gasteiger partial charge in [-0.1, -0.05) is 12.1 Å². The van der Waals surface area contributed by atoms with Crippen molar-refractivity contribution in [2.24, 2.45) is 0 Å². The number of hydrogen-bond acceptors (Lipinski definition) is 3. The van der Waals surface area contributed by atoms with E-state index in [1.165, 1.54) is 0 Å². The molecule has 3 nitrogen and oxygen atoms in total. The summed E-state index contributed by atoms with van der Waals surface area (Å²) in [5, 5.41) is 3.22. The first-order valence-electron chi connectivity index (χ1n) is 4.32. The number of hydrogen-bond donors (Lipinski definition) is 2. The molecule has 0 radical (unpaired) electrons. The number of rotatable bonds is 4. The molecule has 0 aliphatic heterocycles. The number of nitrogens with zero attached hydrogens (tertiary/aromatic N) is 1. The number of pyridine rings is 1. The lowest BCUT2D eigenvalue weighted by molar-refractivity contribution is 0.808. The van der Waals surface area contributed by atoms with Crippen LogP contribution in [0, 0.1) is 0 Å². The van der Waals surface area contributed by atoms with Gasteiger partial charge in [0.05, 0.1) is 0 Å². The van der Waals surface area contributed by atoms with E-state index in [2.05, 4.69) is 23.8 Å². The van der Waals surface area contributed by atoms with E-state index in [1.807, 2.05) is 18.2 Å². The monoisotopic (exact) mass is 177 g/mol. The molecule has 13 heavy (non-hydrogen) atoms. The third-order valence-corrected chi connectivity index (χ3v) is 1.69. The van der Waals surface area contributed by atoms with Gasteiger partial charge in [-0.05, 0) is 25.5 Å². The Bertz CT molecular complexity index is 283. The lowest BCUT2D eigenvalue weighted by Crippen LogP contribution is -2.14. The van der Waals surface area contributed by atoms with E-state index in [1.54, 1.807) is 6.07 Å². The largest absolute Gasteiger partial charge is 0.384 e. The van der Waals surface area contributed by atoms with Crippen LogP contribution in [-0.2, 0) is 0 Å². The van der Waals surface area contributed by atoms with Gasteiger partial charge in [-0.25, -0.2) is 4.98 Å². The minimum atomic E-state index is 0.340. The number of nitrogens with two attached hydrogens (primary N) is 1. The van der Waals surface area contributed by atoms with Crippen LogP contribution in [0.5, 0.6) is 0 Å². The van der Waals surface area contributed by atoms with Gasteiger partial charge in [0.25, 0.3) is 0 Å². The van der Waals surface area contributed by atoms with E-state index in [0.717, 1.165) is 12.2 Å². The molecule has 0 aliphatic rings. The lowest BCUT2D eigenvalue weighted by Gasteiger charge is -2.12. The Labute approximate surface area is 78.7 Å². The lowest BCUT2D eigenvalue weighted by atomic mass is 10.2. The maximum Gasteiger partial charge on any atom is 0.128 e. The van der Waals surface area contributed by atoms with Crippen LogP contribution in [0.25, 0.3) is 0 Å². The quantitative estimate of drug-likeness (QED) is 0.692. The fourth-order valence-electron chi connectivity index (χ4n) is 1.09. The summed E-state index contributed by atoms with van der Waals surface area (Å²) in [5.74, 6) is 1.35. The molecule has 0 saturated carbocycles. The fourth-order valence-corrected chi connectivity index (χ4v) is 1.09. The highest BCUT2D eigenvalue weighted by molar-refractivity contribution is 5.42. The Hall–Kier alpha value is -1.51. The van der Waals surface area contributed by atoms with Crippen molar-refractivity contribution in [3.05, 3.63) is 30.9 Å². The van der Waals surface area contributed by atoms with Crippen LogP contribution in [0.1, 0.15) is 13.3 Å². The number of nitrogen functional groups attached to an aromatic ring is 1. The molecular weight excluding hydrogens is 162 g/mol. The van der Waals surface area contributed by atoms with Crippen molar-refractivity contribution in [1.29, 1.82) is 0 Å². The van der Waals surface area contributed by atoms with E-state index < -0.39 is 0 Å². The van der Waals surface area contributed by atoms with Gasteiger partial charge in [-0.2, -0.15) is 0 Å². The maximum atomic E-state index is 5.54. The predicted molar refractivity (Wildman–Crippen MR) is 56.5 cm³/mol. The highest BCUT2D eigenvalue weighted by Gasteiger charge is 1.99. The van der Waals surface area contributed by atoms with Crippen LogP contribution in [0.3, 0.4) is 0 Å². The molecule has 0 amide bonds. The molecule has 0 aromatic carbocycles. The molecule has 1 aromatic rings. The molecule has 0 saturated heterocycles. The Morgan fingerprint density at radius 1 is 1.69 bits per heavy atom. The third-order valence-electron chi connectivity index (χ3n) is 1.69. The Kier molecular flexibility index (Phi) is 3.31. The third kappa shape index (κ3) is 3.15. The second-order valence-electron chi connectivity index (χ2n) is 3.02. The molecule has 1 heterocycles. The summed E-state index contributed by atoms with van der Waals surface area (Å²) in [4.78, 5) is 4.13. The summed E-state index contributed by atoms with van der Waals surface area (Å²) in [6, 6.07) is 5.89. The van der Waals surface area contributed by atoms with Crippen molar-refractivity contribution in [3.8, 4) is 0 Å². The van der Waals surface area contributed by atoms with E-state index >= 15 is 0 Å². The number of nitrogens with one attached hydrogen (secondary N) is 1. The van der Waals surface area contributed by atoms with E-state index in [-0.39, 0.29) is 0 Å². The van der Waals surface area contributed by atoms with Crippen LogP contribution in [-0.4, -0.2) is 11.0 Å². The summed E-state index contributed by atoms with van der Waals surface area (Å²) in [7, 11) is 0. The Morgan fingerprint density at radius 2 is 2.46 bits per heavy atom. The van der Waals surface area contributed by atoms with Gasteiger partial charge < -0.3 is 11.1 Å². The van der Waals surface area contributed by atoms with Crippen molar-refractivity contribution in [3.63, 3.8) is 0 Å². The van der Waals surface area contributed by atoms with Crippen LogP contribution in [0.15, 0.2) is 30.9 Å². The molecule has 1 unspecified atom stereocenters. The van der Waals surface area contributed by atoms with E-state index in [0.29, 0.717) is 11.9 Å². The molecule has 0 bridgehead atoms. The van der Waals surface area contributed by atoms with Crippen molar-refractivity contribution in [2.75, 3.05) is 11.1 Å². The maximum absolute atomic E-state index is 5.54. The van der Waals surface area contributed by atoms with Crippen molar-refractivity contribution < 1.29 is 0 Å². The summed E-state index contributed by atoms with van der Waals surface area (Å²) in [6.07, 6.45) is 2.79. The molecule has 1 aromatic heterocycles. The fraction of sp³-hybridized carbons (Fsp3) is 0.300. The van der Waals surface area contributed by atoms with Crippen molar-refractivity contribution >= 4 is 11.6 Å². The Morgan fingerprint density at radius 3 is 3.08 bits per heavy atom. The van der Waals surface area contributed by atoms with Crippen LogP contribution < -0.4 is 11.1 Å². The normalized spacial score (nSPS) is 12.1. The second-order valence-corrected chi connectivity index (χ2v) is 3.02. The van der Waals surface area contributed by atoms with Gasteiger partial charge in [0, 0.05) is 6.04 Å². The predicted octanol–water partition coefficient (Wildman–Crippen LogP) is 2.04. The first-order chi connectivity index (χ1) is 6.22. The number of aromatic nitrogens is 1. The van der Waals surface area contributed by atoms with Gasteiger partial charge >= 0.3 is 0 Å². The zero-order valence-electron chi connectivity index (χ0n) is 7.83. The SMILES string of the molecule is C=CCC(C)Nc1cccc(N)n1. The molecule has 1 rings (SSSR count).